The van der Waals surface area contributed by atoms with Crippen molar-refractivity contribution < 1.29 is 4.74 Å². The lowest BCUT2D eigenvalue weighted by Crippen LogP contribution is -2.13. The quantitative estimate of drug-likeness (QED) is 0.437. The van der Waals surface area contributed by atoms with Crippen LogP contribution in [0, 0.1) is 34.6 Å². The van der Waals surface area contributed by atoms with Crippen molar-refractivity contribution in [2.24, 2.45) is 0 Å². The maximum Gasteiger partial charge on any atom is 0.197 e. The highest BCUT2D eigenvalue weighted by atomic mass is 16.5. The fraction of sp³-hybridized carbons (Fsp3) is 0.192. The van der Waals surface area contributed by atoms with Crippen LogP contribution in [0.25, 0.3) is 22.0 Å². The van der Waals surface area contributed by atoms with Gasteiger partial charge in [0.05, 0.1) is 5.52 Å². The van der Waals surface area contributed by atoms with Crippen LogP contribution in [0.1, 0.15) is 27.9 Å². The summed E-state index contributed by atoms with van der Waals surface area (Å²) in [6, 6.07) is 17.4. The van der Waals surface area contributed by atoms with Crippen molar-refractivity contribution >= 4 is 10.9 Å². The standard InChI is InChI=1S/C26H25NO2/c1-15-16(2)18(4)25-23(17(15)3)26(28)24(19(5)27-25)20-11-13-22(14-12-20)29-21-9-7-6-8-10-21/h6-14H,1-5H3,(H,27,28). The number of H-pyrrole nitrogens is 1. The number of hydrogen-bond donors (Lipinski definition) is 1. The molecule has 0 amide bonds. The zero-order valence-electron chi connectivity index (χ0n) is 17.5. The van der Waals surface area contributed by atoms with E-state index in [0.717, 1.165) is 50.3 Å². The molecule has 3 nitrogen and oxygen atoms in total. The molecule has 0 fully saturated rings. The molecule has 3 aromatic carbocycles. The van der Waals surface area contributed by atoms with Gasteiger partial charge in [-0.3, -0.25) is 4.79 Å². The van der Waals surface area contributed by atoms with E-state index in [1.807, 2.05) is 68.4 Å². The Kier molecular flexibility index (Phi) is 4.75. The van der Waals surface area contributed by atoms with Gasteiger partial charge < -0.3 is 9.72 Å². The van der Waals surface area contributed by atoms with E-state index in [1.165, 1.54) is 11.1 Å². The van der Waals surface area contributed by atoms with Gasteiger partial charge in [0.25, 0.3) is 0 Å². The molecule has 29 heavy (non-hydrogen) atoms. The Balaban J connectivity index is 1.83. The first kappa shape index (κ1) is 19.0. The zero-order chi connectivity index (χ0) is 20.7. The number of ether oxygens (including phenoxy) is 1. The first-order valence-corrected chi connectivity index (χ1v) is 9.84. The maximum atomic E-state index is 13.5. The van der Waals surface area contributed by atoms with Crippen LogP contribution >= 0.6 is 0 Å². The first-order chi connectivity index (χ1) is 13.9. The second-order valence-corrected chi connectivity index (χ2v) is 7.64. The Labute approximate surface area is 171 Å². The van der Waals surface area contributed by atoms with E-state index in [2.05, 4.69) is 25.8 Å². The van der Waals surface area contributed by atoms with Crippen molar-refractivity contribution in [1.29, 1.82) is 0 Å². The van der Waals surface area contributed by atoms with Crippen molar-refractivity contribution in [3.05, 3.63) is 92.8 Å². The summed E-state index contributed by atoms with van der Waals surface area (Å²) in [5.41, 5.74) is 8.12. The van der Waals surface area contributed by atoms with Gasteiger partial charge in [0.2, 0.25) is 0 Å². The van der Waals surface area contributed by atoms with Crippen LogP contribution in [0.15, 0.2) is 59.4 Å². The lowest BCUT2D eigenvalue weighted by Gasteiger charge is -2.16. The molecule has 1 heterocycles. The van der Waals surface area contributed by atoms with Gasteiger partial charge in [-0.25, -0.2) is 0 Å². The third-order valence-corrected chi connectivity index (χ3v) is 5.95. The van der Waals surface area contributed by atoms with Gasteiger partial charge in [-0.2, -0.15) is 0 Å². The normalized spacial score (nSPS) is 11.1. The number of aryl methyl sites for hydroxylation is 3. The summed E-state index contributed by atoms with van der Waals surface area (Å²) in [6.45, 7) is 10.3. The number of para-hydroxylation sites is 1. The monoisotopic (exact) mass is 383 g/mol. The topological polar surface area (TPSA) is 42.1 Å². The van der Waals surface area contributed by atoms with Crippen molar-refractivity contribution in [3.8, 4) is 22.6 Å². The van der Waals surface area contributed by atoms with Crippen LogP contribution < -0.4 is 10.2 Å². The van der Waals surface area contributed by atoms with Crippen LogP contribution in [0.4, 0.5) is 0 Å². The molecule has 4 rings (SSSR count). The first-order valence-electron chi connectivity index (χ1n) is 9.84. The molecule has 0 saturated heterocycles. The fourth-order valence-electron chi connectivity index (χ4n) is 3.96. The molecule has 1 aromatic heterocycles. The van der Waals surface area contributed by atoms with Crippen molar-refractivity contribution in [2.75, 3.05) is 0 Å². The predicted molar refractivity (Wildman–Crippen MR) is 120 cm³/mol. The Morgan fingerprint density at radius 2 is 1.28 bits per heavy atom. The summed E-state index contributed by atoms with van der Waals surface area (Å²) < 4.78 is 5.88. The SMILES string of the molecule is Cc1[nH]c2c(C)c(C)c(C)c(C)c2c(=O)c1-c1ccc(Oc2ccccc2)cc1. The third-order valence-electron chi connectivity index (χ3n) is 5.95. The van der Waals surface area contributed by atoms with Crippen LogP contribution in [0.3, 0.4) is 0 Å². The molecule has 0 spiro atoms. The van der Waals surface area contributed by atoms with Gasteiger partial charge >= 0.3 is 0 Å². The summed E-state index contributed by atoms with van der Waals surface area (Å²) in [4.78, 5) is 17.0. The summed E-state index contributed by atoms with van der Waals surface area (Å²) in [7, 11) is 0. The second kappa shape index (κ2) is 7.25. The number of rotatable bonds is 3. The van der Waals surface area contributed by atoms with Crippen molar-refractivity contribution in [1.82, 2.24) is 4.98 Å². The van der Waals surface area contributed by atoms with E-state index in [1.54, 1.807) is 0 Å². The molecule has 146 valence electrons. The largest absolute Gasteiger partial charge is 0.457 e. The molecular weight excluding hydrogens is 358 g/mol. The summed E-state index contributed by atoms with van der Waals surface area (Å²) in [5, 5.41) is 0.788. The average Bonchev–Trinajstić information content (AvgIpc) is 2.72. The molecule has 4 aromatic rings. The molecule has 0 bridgehead atoms. The number of aromatic amines is 1. The highest BCUT2D eigenvalue weighted by Gasteiger charge is 2.17. The molecule has 0 saturated carbocycles. The molecule has 0 unspecified atom stereocenters. The maximum absolute atomic E-state index is 13.5. The van der Waals surface area contributed by atoms with Gasteiger partial charge in [0, 0.05) is 16.6 Å². The Morgan fingerprint density at radius 1 is 0.690 bits per heavy atom. The van der Waals surface area contributed by atoms with Gasteiger partial charge in [0.15, 0.2) is 5.43 Å². The molecule has 0 atom stereocenters. The number of fused-ring (bicyclic) bond motifs is 1. The highest BCUT2D eigenvalue weighted by Crippen LogP contribution is 2.30. The van der Waals surface area contributed by atoms with Crippen LogP contribution in [-0.2, 0) is 0 Å². The number of pyridine rings is 1. The van der Waals surface area contributed by atoms with Gasteiger partial charge in [-0.05, 0) is 86.7 Å². The van der Waals surface area contributed by atoms with Crippen LogP contribution in [-0.4, -0.2) is 4.98 Å². The molecule has 0 radical (unpaired) electrons. The molecular formula is C26H25NO2. The van der Waals surface area contributed by atoms with E-state index in [9.17, 15) is 4.79 Å². The lowest BCUT2D eigenvalue weighted by atomic mass is 9.91. The minimum absolute atomic E-state index is 0.0803. The molecule has 0 aliphatic rings. The van der Waals surface area contributed by atoms with Crippen LogP contribution in [0.5, 0.6) is 11.5 Å². The summed E-state index contributed by atoms with van der Waals surface area (Å²) in [6.07, 6.45) is 0. The number of hydrogen-bond acceptors (Lipinski definition) is 2. The van der Waals surface area contributed by atoms with E-state index in [0.29, 0.717) is 0 Å². The van der Waals surface area contributed by atoms with E-state index in [-0.39, 0.29) is 5.43 Å². The molecule has 0 aliphatic carbocycles. The number of nitrogens with one attached hydrogen (secondary N) is 1. The van der Waals surface area contributed by atoms with Crippen LogP contribution in [0.2, 0.25) is 0 Å². The second-order valence-electron chi connectivity index (χ2n) is 7.64. The molecule has 0 aliphatic heterocycles. The Hall–Kier alpha value is -3.33. The minimum Gasteiger partial charge on any atom is -0.457 e. The predicted octanol–water partition coefficient (Wildman–Crippen LogP) is 6.53. The lowest BCUT2D eigenvalue weighted by molar-refractivity contribution is 0.483. The number of aromatic nitrogens is 1. The Bertz CT molecular complexity index is 1270. The van der Waals surface area contributed by atoms with Crippen molar-refractivity contribution in [3.63, 3.8) is 0 Å². The fourth-order valence-corrected chi connectivity index (χ4v) is 3.96. The zero-order valence-corrected chi connectivity index (χ0v) is 17.5. The highest BCUT2D eigenvalue weighted by molar-refractivity contribution is 5.91. The van der Waals surface area contributed by atoms with Gasteiger partial charge in [0.1, 0.15) is 11.5 Å². The average molecular weight is 383 g/mol. The third kappa shape index (κ3) is 3.23. The van der Waals surface area contributed by atoms with E-state index in [4.69, 9.17) is 4.74 Å². The smallest absolute Gasteiger partial charge is 0.197 e. The Morgan fingerprint density at radius 3 is 1.93 bits per heavy atom. The molecule has 1 N–H and O–H groups in total. The van der Waals surface area contributed by atoms with E-state index < -0.39 is 0 Å². The minimum atomic E-state index is 0.0803. The van der Waals surface area contributed by atoms with Gasteiger partial charge in [-0.1, -0.05) is 30.3 Å². The number of benzene rings is 3. The van der Waals surface area contributed by atoms with Gasteiger partial charge in [-0.15, -0.1) is 0 Å². The molecule has 3 heteroatoms. The summed E-state index contributed by atoms with van der Waals surface area (Å²) in [5.74, 6) is 1.53. The van der Waals surface area contributed by atoms with E-state index >= 15 is 0 Å². The van der Waals surface area contributed by atoms with Crippen molar-refractivity contribution in [2.45, 2.75) is 34.6 Å². The summed E-state index contributed by atoms with van der Waals surface area (Å²) >= 11 is 0.